The standard InChI is InChI=1S/C21H19N3O/c1-4-25-21-18(13-22)19(16-9-5-14(2)6-10-16)23-20(24-21)17-11-7-15(3)8-12-17/h5-12H,4H2,1-3H3. The Morgan fingerprint density at radius 1 is 0.880 bits per heavy atom. The van der Waals surface area contributed by atoms with Crippen molar-refractivity contribution in [2.24, 2.45) is 0 Å². The molecule has 124 valence electrons. The Morgan fingerprint density at radius 2 is 1.44 bits per heavy atom. The summed E-state index contributed by atoms with van der Waals surface area (Å²) in [5.74, 6) is 0.879. The molecule has 0 N–H and O–H groups in total. The number of rotatable bonds is 4. The van der Waals surface area contributed by atoms with Crippen molar-refractivity contribution in [3.8, 4) is 34.6 Å². The number of aryl methyl sites for hydroxylation is 2. The van der Waals surface area contributed by atoms with E-state index in [1.165, 1.54) is 5.56 Å². The minimum Gasteiger partial charge on any atom is -0.477 e. The van der Waals surface area contributed by atoms with Gasteiger partial charge >= 0.3 is 0 Å². The monoisotopic (exact) mass is 329 g/mol. The molecule has 0 aliphatic rings. The average Bonchev–Trinajstić information content (AvgIpc) is 2.62. The van der Waals surface area contributed by atoms with Gasteiger partial charge < -0.3 is 4.74 Å². The van der Waals surface area contributed by atoms with Gasteiger partial charge in [-0.25, -0.2) is 4.98 Å². The normalized spacial score (nSPS) is 10.3. The van der Waals surface area contributed by atoms with E-state index < -0.39 is 0 Å². The Hall–Kier alpha value is -3.19. The number of nitriles is 1. The molecule has 0 saturated carbocycles. The van der Waals surface area contributed by atoms with Crippen LogP contribution >= 0.6 is 0 Å². The Labute approximate surface area is 147 Å². The van der Waals surface area contributed by atoms with Crippen LogP contribution < -0.4 is 4.74 Å². The molecule has 0 amide bonds. The molecule has 1 heterocycles. The van der Waals surface area contributed by atoms with E-state index in [4.69, 9.17) is 4.74 Å². The van der Waals surface area contributed by atoms with Gasteiger partial charge in [0.2, 0.25) is 5.88 Å². The lowest BCUT2D eigenvalue weighted by atomic mass is 10.0. The number of hydrogen-bond acceptors (Lipinski definition) is 4. The number of benzene rings is 2. The van der Waals surface area contributed by atoms with Gasteiger partial charge in [0.05, 0.1) is 12.3 Å². The van der Waals surface area contributed by atoms with Gasteiger partial charge in [-0.1, -0.05) is 59.7 Å². The van der Waals surface area contributed by atoms with Crippen LogP contribution in [0.5, 0.6) is 5.88 Å². The van der Waals surface area contributed by atoms with Crippen LogP contribution in [0.25, 0.3) is 22.6 Å². The molecule has 1 aromatic heterocycles. The van der Waals surface area contributed by atoms with E-state index in [-0.39, 0.29) is 0 Å². The molecule has 0 atom stereocenters. The summed E-state index contributed by atoms with van der Waals surface area (Å²) in [6.45, 7) is 6.37. The fourth-order valence-electron chi connectivity index (χ4n) is 2.53. The summed E-state index contributed by atoms with van der Waals surface area (Å²) in [6, 6.07) is 18.1. The minimum atomic E-state index is 0.325. The molecule has 0 bridgehead atoms. The molecule has 0 radical (unpaired) electrons. The third-order valence-electron chi connectivity index (χ3n) is 3.90. The summed E-state index contributed by atoms with van der Waals surface area (Å²) in [7, 11) is 0. The first-order valence-electron chi connectivity index (χ1n) is 8.21. The van der Waals surface area contributed by atoms with E-state index in [2.05, 4.69) is 16.0 Å². The average molecular weight is 329 g/mol. The van der Waals surface area contributed by atoms with Crippen LogP contribution in [-0.4, -0.2) is 16.6 Å². The van der Waals surface area contributed by atoms with Gasteiger partial charge in [0, 0.05) is 11.1 Å². The van der Waals surface area contributed by atoms with Crippen LogP contribution in [0, 0.1) is 25.2 Å². The molecular formula is C21H19N3O. The second kappa shape index (κ2) is 7.14. The van der Waals surface area contributed by atoms with Gasteiger partial charge in [-0.2, -0.15) is 10.2 Å². The van der Waals surface area contributed by atoms with Crippen molar-refractivity contribution < 1.29 is 4.74 Å². The van der Waals surface area contributed by atoms with E-state index in [1.54, 1.807) is 0 Å². The van der Waals surface area contributed by atoms with E-state index in [9.17, 15) is 5.26 Å². The first-order chi connectivity index (χ1) is 12.1. The zero-order chi connectivity index (χ0) is 17.8. The highest BCUT2D eigenvalue weighted by Gasteiger charge is 2.18. The maximum atomic E-state index is 9.63. The van der Waals surface area contributed by atoms with Crippen LogP contribution in [-0.2, 0) is 0 Å². The third kappa shape index (κ3) is 3.51. The smallest absolute Gasteiger partial charge is 0.236 e. The maximum Gasteiger partial charge on any atom is 0.236 e. The summed E-state index contributed by atoms with van der Waals surface area (Å²) in [5, 5.41) is 9.63. The van der Waals surface area contributed by atoms with Crippen molar-refractivity contribution >= 4 is 0 Å². The van der Waals surface area contributed by atoms with E-state index in [0.29, 0.717) is 29.6 Å². The Kier molecular flexibility index (Phi) is 4.76. The van der Waals surface area contributed by atoms with Crippen LogP contribution in [0.4, 0.5) is 0 Å². The predicted octanol–water partition coefficient (Wildman–Crippen LogP) is 4.70. The van der Waals surface area contributed by atoms with Crippen LogP contribution in [0.3, 0.4) is 0 Å². The zero-order valence-electron chi connectivity index (χ0n) is 14.6. The Bertz CT molecular complexity index is 923. The van der Waals surface area contributed by atoms with Crippen molar-refractivity contribution in [1.82, 2.24) is 9.97 Å². The van der Waals surface area contributed by atoms with Crippen molar-refractivity contribution in [2.75, 3.05) is 6.61 Å². The summed E-state index contributed by atoms with van der Waals surface area (Å²) < 4.78 is 5.63. The number of hydrogen-bond donors (Lipinski definition) is 0. The Morgan fingerprint density at radius 3 is 1.96 bits per heavy atom. The molecule has 25 heavy (non-hydrogen) atoms. The predicted molar refractivity (Wildman–Crippen MR) is 98.3 cm³/mol. The SMILES string of the molecule is CCOc1nc(-c2ccc(C)cc2)nc(-c2ccc(C)cc2)c1C#N. The fraction of sp³-hybridized carbons (Fsp3) is 0.190. The zero-order valence-corrected chi connectivity index (χ0v) is 14.6. The largest absolute Gasteiger partial charge is 0.477 e. The van der Waals surface area contributed by atoms with Crippen LogP contribution in [0.1, 0.15) is 23.6 Å². The van der Waals surface area contributed by atoms with Gasteiger partial charge in [-0.15, -0.1) is 0 Å². The highest BCUT2D eigenvalue weighted by Crippen LogP contribution is 2.30. The van der Waals surface area contributed by atoms with Crippen LogP contribution in [0.2, 0.25) is 0 Å². The molecule has 0 spiro atoms. The number of ether oxygens (including phenoxy) is 1. The molecule has 0 unspecified atom stereocenters. The van der Waals surface area contributed by atoms with Crippen molar-refractivity contribution in [3.05, 3.63) is 65.2 Å². The molecule has 4 nitrogen and oxygen atoms in total. The molecule has 0 saturated heterocycles. The van der Waals surface area contributed by atoms with Crippen LogP contribution in [0.15, 0.2) is 48.5 Å². The van der Waals surface area contributed by atoms with Crippen molar-refractivity contribution in [1.29, 1.82) is 5.26 Å². The molecule has 0 fully saturated rings. The molecule has 3 rings (SSSR count). The molecule has 3 aromatic rings. The molecule has 4 heteroatoms. The summed E-state index contributed by atoms with van der Waals surface area (Å²) in [6.07, 6.45) is 0. The Balaban J connectivity index is 2.22. The minimum absolute atomic E-state index is 0.325. The summed E-state index contributed by atoms with van der Waals surface area (Å²) in [5.41, 5.74) is 5.04. The first kappa shape index (κ1) is 16.7. The van der Waals surface area contributed by atoms with Gasteiger partial charge in [0.25, 0.3) is 0 Å². The van der Waals surface area contributed by atoms with E-state index in [0.717, 1.165) is 16.7 Å². The lowest BCUT2D eigenvalue weighted by Gasteiger charge is -2.12. The van der Waals surface area contributed by atoms with Gasteiger partial charge in [0.15, 0.2) is 5.82 Å². The quantitative estimate of drug-likeness (QED) is 0.696. The fourth-order valence-corrected chi connectivity index (χ4v) is 2.53. The first-order valence-corrected chi connectivity index (χ1v) is 8.21. The molecule has 0 aliphatic heterocycles. The second-order valence-electron chi connectivity index (χ2n) is 5.85. The summed E-state index contributed by atoms with van der Waals surface area (Å²) >= 11 is 0. The number of aromatic nitrogens is 2. The highest BCUT2D eigenvalue weighted by molar-refractivity contribution is 5.72. The van der Waals surface area contributed by atoms with Gasteiger partial charge in [-0.05, 0) is 20.8 Å². The molecule has 0 aliphatic carbocycles. The number of nitrogens with zero attached hydrogens (tertiary/aromatic N) is 3. The van der Waals surface area contributed by atoms with Crippen molar-refractivity contribution in [2.45, 2.75) is 20.8 Å². The van der Waals surface area contributed by atoms with E-state index in [1.807, 2.05) is 69.3 Å². The summed E-state index contributed by atoms with van der Waals surface area (Å²) in [4.78, 5) is 9.15. The van der Waals surface area contributed by atoms with Gasteiger partial charge in [0.1, 0.15) is 11.6 Å². The topological polar surface area (TPSA) is 58.8 Å². The van der Waals surface area contributed by atoms with Crippen molar-refractivity contribution in [3.63, 3.8) is 0 Å². The highest BCUT2D eigenvalue weighted by atomic mass is 16.5. The lowest BCUT2D eigenvalue weighted by molar-refractivity contribution is 0.326. The van der Waals surface area contributed by atoms with Gasteiger partial charge in [-0.3, -0.25) is 0 Å². The third-order valence-corrected chi connectivity index (χ3v) is 3.90. The molecule has 2 aromatic carbocycles. The second-order valence-corrected chi connectivity index (χ2v) is 5.85. The molecular weight excluding hydrogens is 310 g/mol. The lowest BCUT2D eigenvalue weighted by Crippen LogP contribution is -2.04. The van der Waals surface area contributed by atoms with E-state index >= 15 is 0 Å². The maximum absolute atomic E-state index is 9.63.